The molecule has 5 aliphatic rings. The summed E-state index contributed by atoms with van der Waals surface area (Å²) in [6.45, 7) is 7.15. The van der Waals surface area contributed by atoms with E-state index in [1.54, 1.807) is 27.0 Å². The summed E-state index contributed by atoms with van der Waals surface area (Å²) in [6.07, 6.45) is 12.1. The van der Waals surface area contributed by atoms with Gasteiger partial charge < -0.3 is 14.2 Å². The molecule has 2 bridgehead atoms. The maximum Gasteiger partial charge on any atom is 0.264 e. The lowest BCUT2D eigenvalue weighted by Crippen LogP contribution is -2.47. The Morgan fingerprint density at radius 2 is 1.71 bits per heavy atom. The first-order chi connectivity index (χ1) is 26.4. The molecule has 4 fully saturated rings. The van der Waals surface area contributed by atoms with Gasteiger partial charge in [-0.15, -0.1) is 0 Å². The summed E-state index contributed by atoms with van der Waals surface area (Å²) >= 11 is 0. The largest absolute Gasteiger partial charge is 0.497 e. The number of benzene rings is 2. The molecule has 55 heavy (non-hydrogen) atoms. The minimum atomic E-state index is -3.84. The van der Waals surface area contributed by atoms with Crippen LogP contribution in [-0.2, 0) is 16.6 Å². The topological polar surface area (TPSA) is 119 Å². The first-order valence-electron chi connectivity index (χ1n) is 20.1. The Morgan fingerprint density at radius 1 is 0.927 bits per heavy atom. The molecule has 0 unspecified atom stereocenters. The van der Waals surface area contributed by atoms with Gasteiger partial charge in [-0.3, -0.25) is 19.2 Å². The van der Waals surface area contributed by atoms with E-state index in [4.69, 9.17) is 9.84 Å². The van der Waals surface area contributed by atoms with Gasteiger partial charge in [-0.1, -0.05) is 25.3 Å². The predicted molar refractivity (Wildman–Crippen MR) is 215 cm³/mol. The molecule has 290 valence electrons. The van der Waals surface area contributed by atoms with Crippen molar-refractivity contribution in [3.63, 3.8) is 0 Å². The molecule has 12 heteroatoms. The summed E-state index contributed by atoms with van der Waals surface area (Å²) in [7, 11) is 0.00347. The zero-order valence-electron chi connectivity index (χ0n) is 32.6. The summed E-state index contributed by atoms with van der Waals surface area (Å²) < 4.78 is 38.2. The highest BCUT2D eigenvalue weighted by Crippen LogP contribution is 2.49. The smallest absolute Gasteiger partial charge is 0.264 e. The number of allylic oxidation sites excluding steroid dienone is 1. The van der Waals surface area contributed by atoms with Crippen LogP contribution in [0.3, 0.4) is 0 Å². The maximum atomic E-state index is 14.9. The Labute approximate surface area is 323 Å². The number of likely N-dealkylation sites (tertiary alicyclic amines) is 2. The number of hydrogen-bond acceptors (Lipinski definition) is 7. The zero-order chi connectivity index (χ0) is 38.3. The lowest BCUT2D eigenvalue weighted by Gasteiger charge is -2.32. The Kier molecular flexibility index (Phi) is 8.99. The number of ether oxygens (including phenoxy) is 1. The van der Waals surface area contributed by atoms with Crippen LogP contribution in [0.25, 0.3) is 33.8 Å². The van der Waals surface area contributed by atoms with Gasteiger partial charge in [-0.25, -0.2) is 13.1 Å². The van der Waals surface area contributed by atoms with Crippen molar-refractivity contribution < 1.29 is 22.7 Å². The number of sulfonamides is 1. The molecule has 2 saturated carbocycles. The van der Waals surface area contributed by atoms with Gasteiger partial charge in [0.1, 0.15) is 5.75 Å². The van der Waals surface area contributed by atoms with E-state index in [1.807, 2.05) is 25.1 Å². The van der Waals surface area contributed by atoms with Crippen molar-refractivity contribution in [1.82, 2.24) is 28.9 Å². The number of rotatable bonds is 8. The van der Waals surface area contributed by atoms with Gasteiger partial charge in [0.2, 0.25) is 10.0 Å². The third kappa shape index (κ3) is 6.02. The van der Waals surface area contributed by atoms with Crippen LogP contribution < -0.4 is 9.46 Å². The number of nitrogens with one attached hydrogen (secondary N) is 1. The molecule has 0 spiro atoms. The average molecular weight is 765 g/mol. The molecular weight excluding hydrogens is 713 g/mol. The van der Waals surface area contributed by atoms with Crippen LogP contribution in [0.4, 0.5) is 0 Å². The van der Waals surface area contributed by atoms with Crippen molar-refractivity contribution in [2.75, 3.05) is 27.2 Å². The molecule has 9 rings (SSSR count). The Hall–Kier alpha value is -4.42. The van der Waals surface area contributed by atoms with Crippen LogP contribution in [0.1, 0.15) is 127 Å². The maximum absolute atomic E-state index is 14.9. The van der Waals surface area contributed by atoms with Gasteiger partial charge in [0.15, 0.2) is 0 Å². The Balaban J connectivity index is 1.26. The SMILES string of the molecule is COc1ccc2c(c1)C=C(c1c(C(=O)N3C[C@@H]4C[C@@H]3CN4C)c(C)nn1C1CCC1)Cn1c-2c(C2CCCCC2)c2ccc(C(=O)NS(=O)(=O)C(C)C)cc21. The molecule has 5 heterocycles. The van der Waals surface area contributed by atoms with E-state index < -0.39 is 21.2 Å². The van der Waals surface area contributed by atoms with Gasteiger partial charge in [-0.05, 0) is 125 Å². The molecule has 2 aliphatic carbocycles. The summed E-state index contributed by atoms with van der Waals surface area (Å²) in [5.41, 5.74) is 8.92. The van der Waals surface area contributed by atoms with E-state index in [1.165, 1.54) is 12.0 Å². The van der Waals surface area contributed by atoms with E-state index in [-0.39, 0.29) is 23.6 Å². The second-order valence-corrected chi connectivity index (χ2v) is 19.1. The van der Waals surface area contributed by atoms with E-state index in [0.717, 1.165) is 115 Å². The molecule has 2 amide bonds. The number of hydrogen-bond donors (Lipinski definition) is 1. The lowest BCUT2D eigenvalue weighted by atomic mass is 9.81. The number of nitrogens with zero attached hydrogens (tertiary/aromatic N) is 5. The Bertz CT molecular complexity index is 2360. The molecule has 0 radical (unpaired) electrons. The number of fused-ring (bicyclic) bond motifs is 7. The monoisotopic (exact) mass is 764 g/mol. The molecule has 2 aromatic carbocycles. The van der Waals surface area contributed by atoms with Crippen LogP contribution >= 0.6 is 0 Å². The van der Waals surface area contributed by atoms with Crippen LogP contribution in [0.15, 0.2) is 36.4 Å². The summed E-state index contributed by atoms with van der Waals surface area (Å²) in [4.78, 5) is 32.9. The number of carbonyl (C=O) groups excluding carboxylic acids is 2. The zero-order valence-corrected chi connectivity index (χ0v) is 33.4. The summed E-state index contributed by atoms with van der Waals surface area (Å²) in [5.74, 6) is 0.492. The summed E-state index contributed by atoms with van der Waals surface area (Å²) in [6, 6.07) is 12.7. The molecule has 4 aromatic rings. The first kappa shape index (κ1) is 36.2. The van der Waals surface area contributed by atoms with Crippen molar-refractivity contribution in [3.05, 3.63) is 70.0 Å². The second-order valence-electron chi connectivity index (χ2n) is 16.8. The van der Waals surface area contributed by atoms with E-state index in [2.05, 4.69) is 49.0 Å². The quantitative estimate of drug-likeness (QED) is 0.203. The molecule has 1 N–H and O–H groups in total. The van der Waals surface area contributed by atoms with Gasteiger partial charge in [0.05, 0.1) is 47.6 Å². The van der Waals surface area contributed by atoms with Crippen LogP contribution in [0.2, 0.25) is 0 Å². The summed E-state index contributed by atoms with van der Waals surface area (Å²) in [5, 5.41) is 5.48. The van der Waals surface area contributed by atoms with Crippen molar-refractivity contribution in [3.8, 4) is 17.0 Å². The molecular formula is C43H52N6O5S. The first-order valence-corrected chi connectivity index (χ1v) is 21.7. The average Bonchev–Trinajstić information content (AvgIpc) is 3.87. The minimum absolute atomic E-state index is 0.0560. The molecule has 2 saturated heterocycles. The number of aromatic nitrogens is 3. The van der Waals surface area contributed by atoms with Crippen molar-refractivity contribution in [1.29, 1.82) is 0 Å². The van der Waals surface area contributed by atoms with Crippen molar-refractivity contribution >= 4 is 44.4 Å². The van der Waals surface area contributed by atoms with Gasteiger partial charge in [0, 0.05) is 47.2 Å². The fraction of sp³-hybridized carbons (Fsp3) is 0.512. The van der Waals surface area contributed by atoms with Gasteiger partial charge in [-0.2, -0.15) is 5.10 Å². The van der Waals surface area contributed by atoms with E-state index in [9.17, 15) is 18.0 Å². The molecule has 3 aliphatic heterocycles. The third-order valence-corrected chi connectivity index (χ3v) is 14.9. The number of piperazine rings is 1. The number of aryl methyl sites for hydroxylation is 1. The highest BCUT2D eigenvalue weighted by molar-refractivity contribution is 7.90. The van der Waals surface area contributed by atoms with Crippen LogP contribution in [-0.4, -0.2) is 89.0 Å². The Morgan fingerprint density at radius 3 is 2.36 bits per heavy atom. The van der Waals surface area contributed by atoms with Gasteiger partial charge >= 0.3 is 0 Å². The highest BCUT2D eigenvalue weighted by Gasteiger charge is 2.45. The van der Waals surface area contributed by atoms with E-state index >= 15 is 0 Å². The van der Waals surface area contributed by atoms with Crippen molar-refractivity contribution in [2.45, 2.75) is 114 Å². The fourth-order valence-corrected chi connectivity index (χ4v) is 10.5. The van der Waals surface area contributed by atoms with Crippen LogP contribution in [0, 0.1) is 6.92 Å². The highest BCUT2D eigenvalue weighted by atomic mass is 32.2. The molecule has 2 atom stereocenters. The van der Waals surface area contributed by atoms with E-state index in [0.29, 0.717) is 24.1 Å². The lowest BCUT2D eigenvalue weighted by molar-refractivity contribution is 0.0649. The number of likely N-dealkylation sites (N-methyl/N-ethyl adjacent to an activating group) is 1. The fourth-order valence-electron chi connectivity index (χ4n) is 9.90. The number of amides is 2. The normalized spacial score (nSPS) is 21.7. The number of carbonyl (C=O) groups is 2. The number of methoxy groups -OCH3 is 1. The minimum Gasteiger partial charge on any atom is -0.497 e. The van der Waals surface area contributed by atoms with Crippen molar-refractivity contribution in [2.24, 2.45) is 0 Å². The van der Waals surface area contributed by atoms with Gasteiger partial charge in [0.25, 0.3) is 11.8 Å². The predicted octanol–water partition coefficient (Wildman–Crippen LogP) is 7.15. The molecule has 11 nitrogen and oxygen atoms in total. The second kappa shape index (κ2) is 13.7. The third-order valence-electron chi connectivity index (χ3n) is 13.2. The molecule has 2 aromatic heterocycles. The standard InChI is InChI=1S/C43H52N6O5S/c1-25(2)55(52,53)45-42(50)28-14-16-36-37(20-28)48-22-30(18-29-19-34(54-5)15-17-35(29)41(48)39(36)27-10-7-6-8-11-27)40-38(26(3)44-49(40)31-12-9-13-31)43(51)47-24-32-21-33(47)23-46(32)4/h14-20,25,27,31-33H,6-13,21-24H2,1-5H3,(H,45,50)/t32-,33+/m0/s1. The van der Waals surface area contributed by atoms with Crippen LogP contribution in [0.5, 0.6) is 5.75 Å².